The van der Waals surface area contributed by atoms with E-state index in [1.807, 2.05) is 0 Å². The maximum Gasteiger partial charge on any atom is 0.152 e. The molecule has 0 fully saturated rings. The summed E-state index contributed by atoms with van der Waals surface area (Å²) in [5.74, 6) is 0.507. The third kappa shape index (κ3) is 2.40. The molecule has 1 aromatic carbocycles. The lowest BCUT2D eigenvalue weighted by Crippen LogP contribution is -1.91. The average molecular weight is 311 g/mol. The second kappa shape index (κ2) is 5.73. The highest BCUT2D eigenvalue weighted by atomic mass is 32.1. The Labute approximate surface area is 135 Å². The van der Waals surface area contributed by atoms with Crippen LogP contribution in [0.25, 0.3) is 22.2 Å². The van der Waals surface area contributed by atoms with Crippen LogP contribution < -0.4 is 0 Å². The van der Waals surface area contributed by atoms with Crippen molar-refractivity contribution in [2.45, 2.75) is 40.0 Å². The summed E-state index contributed by atoms with van der Waals surface area (Å²) in [4.78, 5) is 17.7. The molecule has 0 amide bonds. The van der Waals surface area contributed by atoms with Crippen molar-refractivity contribution in [3.8, 4) is 11.3 Å². The Bertz CT molecular complexity index is 841. The highest BCUT2D eigenvalue weighted by Crippen LogP contribution is 2.36. The van der Waals surface area contributed by atoms with Gasteiger partial charge in [-0.3, -0.25) is 4.79 Å². The highest BCUT2D eigenvalue weighted by Gasteiger charge is 2.17. The van der Waals surface area contributed by atoms with E-state index in [1.165, 1.54) is 15.3 Å². The minimum absolute atomic E-state index is 0.507. The van der Waals surface area contributed by atoms with Gasteiger partial charge in [-0.1, -0.05) is 19.9 Å². The first-order valence-corrected chi connectivity index (χ1v) is 8.55. The average Bonchev–Trinajstić information content (AvgIpc) is 3.04. The summed E-state index contributed by atoms with van der Waals surface area (Å²) < 4.78 is 0. The molecule has 2 heterocycles. The third-order valence-corrected chi connectivity index (χ3v) is 5.44. The van der Waals surface area contributed by atoms with E-state index in [0.29, 0.717) is 5.92 Å². The quantitative estimate of drug-likeness (QED) is 0.603. The molecule has 0 radical (unpaired) electrons. The Hall–Kier alpha value is -1.87. The Balaban J connectivity index is 2.24. The van der Waals surface area contributed by atoms with E-state index >= 15 is 0 Å². The molecular weight excluding hydrogens is 290 g/mol. The van der Waals surface area contributed by atoms with E-state index in [1.54, 1.807) is 11.3 Å². The minimum atomic E-state index is 0.507. The van der Waals surface area contributed by atoms with Crippen molar-refractivity contribution in [3.05, 3.63) is 45.1 Å². The van der Waals surface area contributed by atoms with Crippen LogP contribution in [-0.4, -0.2) is 11.3 Å². The van der Waals surface area contributed by atoms with E-state index in [2.05, 4.69) is 56.9 Å². The van der Waals surface area contributed by atoms with Crippen molar-refractivity contribution in [3.63, 3.8) is 0 Å². The molecule has 0 aliphatic heterocycles. The number of aldehydes is 1. The number of aromatic amines is 1. The molecule has 0 saturated heterocycles. The van der Waals surface area contributed by atoms with E-state index in [9.17, 15) is 4.79 Å². The van der Waals surface area contributed by atoms with Crippen molar-refractivity contribution in [1.29, 1.82) is 0 Å². The molecule has 3 aromatic rings. The molecule has 3 heteroatoms. The number of aryl methyl sites for hydroxylation is 2. The van der Waals surface area contributed by atoms with E-state index in [0.717, 1.165) is 40.4 Å². The van der Waals surface area contributed by atoms with Gasteiger partial charge < -0.3 is 4.98 Å². The minimum Gasteiger partial charge on any atom is -0.354 e. The molecule has 114 valence electrons. The van der Waals surface area contributed by atoms with Gasteiger partial charge in [0, 0.05) is 31.8 Å². The molecule has 0 aliphatic rings. The Kier molecular flexibility index (Phi) is 3.92. The topological polar surface area (TPSA) is 32.9 Å². The summed E-state index contributed by atoms with van der Waals surface area (Å²) in [6.07, 6.45) is 2.09. The number of hydrogen-bond acceptors (Lipinski definition) is 2. The first-order valence-electron chi connectivity index (χ1n) is 7.73. The molecule has 3 rings (SSSR count). The lowest BCUT2D eigenvalue weighted by Gasteiger charge is -2.08. The summed E-state index contributed by atoms with van der Waals surface area (Å²) in [6, 6.07) is 8.59. The van der Waals surface area contributed by atoms with Crippen LogP contribution in [0.4, 0.5) is 0 Å². The zero-order chi connectivity index (χ0) is 15.9. The van der Waals surface area contributed by atoms with Crippen LogP contribution in [0, 0.1) is 13.8 Å². The molecule has 2 nitrogen and oxygen atoms in total. The molecule has 0 saturated carbocycles. The zero-order valence-corrected chi connectivity index (χ0v) is 14.3. The SMILES string of the molecule is CCC(C)c1ccc2[nH]c(-c3cc(C)sc3C)c(C=O)c2c1. The van der Waals surface area contributed by atoms with Crippen LogP contribution in [0.5, 0.6) is 0 Å². The van der Waals surface area contributed by atoms with Crippen molar-refractivity contribution < 1.29 is 4.79 Å². The van der Waals surface area contributed by atoms with Crippen LogP contribution in [0.15, 0.2) is 24.3 Å². The van der Waals surface area contributed by atoms with Gasteiger partial charge in [0.15, 0.2) is 6.29 Å². The predicted molar refractivity (Wildman–Crippen MR) is 95.2 cm³/mol. The monoisotopic (exact) mass is 311 g/mol. The number of rotatable bonds is 4. The summed E-state index contributed by atoms with van der Waals surface area (Å²) >= 11 is 1.77. The maximum atomic E-state index is 11.7. The number of H-pyrrole nitrogens is 1. The summed E-state index contributed by atoms with van der Waals surface area (Å²) in [6.45, 7) is 8.63. The van der Waals surface area contributed by atoms with Crippen LogP contribution in [0.2, 0.25) is 0 Å². The molecule has 0 bridgehead atoms. The Morgan fingerprint density at radius 3 is 2.64 bits per heavy atom. The van der Waals surface area contributed by atoms with Gasteiger partial charge in [-0.15, -0.1) is 11.3 Å². The van der Waals surface area contributed by atoms with Crippen LogP contribution in [-0.2, 0) is 0 Å². The number of nitrogens with one attached hydrogen (secondary N) is 1. The van der Waals surface area contributed by atoms with Gasteiger partial charge in [0.25, 0.3) is 0 Å². The number of aromatic nitrogens is 1. The Morgan fingerprint density at radius 1 is 1.27 bits per heavy atom. The van der Waals surface area contributed by atoms with Gasteiger partial charge in [-0.2, -0.15) is 0 Å². The van der Waals surface area contributed by atoms with Gasteiger partial charge in [-0.25, -0.2) is 0 Å². The molecular formula is C19H21NOS. The summed E-state index contributed by atoms with van der Waals surface area (Å²) in [5, 5.41) is 1.03. The predicted octanol–water partition coefficient (Wildman–Crippen LogP) is 5.84. The lowest BCUT2D eigenvalue weighted by molar-refractivity contribution is 0.112. The summed E-state index contributed by atoms with van der Waals surface area (Å²) in [7, 11) is 0. The normalized spacial score (nSPS) is 12.7. The Morgan fingerprint density at radius 2 is 2.05 bits per heavy atom. The van der Waals surface area contributed by atoms with Gasteiger partial charge in [0.2, 0.25) is 0 Å². The third-order valence-electron chi connectivity index (χ3n) is 4.47. The summed E-state index contributed by atoms with van der Waals surface area (Å²) in [5.41, 5.74) is 5.20. The van der Waals surface area contributed by atoms with Gasteiger partial charge >= 0.3 is 0 Å². The zero-order valence-electron chi connectivity index (χ0n) is 13.5. The van der Waals surface area contributed by atoms with Crippen LogP contribution in [0.3, 0.4) is 0 Å². The number of fused-ring (bicyclic) bond motifs is 1. The first-order chi connectivity index (χ1) is 10.5. The fourth-order valence-electron chi connectivity index (χ4n) is 2.99. The standard InChI is InChI=1S/C19H21NOS/c1-5-11(2)14-6-7-18-16(9-14)17(10-21)19(20-18)15-8-12(3)22-13(15)4/h6-11,20H,5H2,1-4H3. The fraction of sp³-hybridized carbons (Fsp3) is 0.316. The van der Waals surface area contributed by atoms with E-state index < -0.39 is 0 Å². The van der Waals surface area contributed by atoms with Crippen molar-refractivity contribution in [2.75, 3.05) is 0 Å². The van der Waals surface area contributed by atoms with E-state index in [4.69, 9.17) is 0 Å². The second-order valence-electron chi connectivity index (χ2n) is 5.97. The van der Waals surface area contributed by atoms with Crippen LogP contribution in [0.1, 0.15) is 51.9 Å². The largest absolute Gasteiger partial charge is 0.354 e. The van der Waals surface area contributed by atoms with Gasteiger partial charge in [0.05, 0.1) is 5.69 Å². The molecule has 1 unspecified atom stereocenters. The smallest absolute Gasteiger partial charge is 0.152 e. The highest BCUT2D eigenvalue weighted by molar-refractivity contribution is 7.12. The number of thiophene rings is 1. The fourth-order valence-corrected chi connectivity index (χ4v) is 3.92. The molecule has 0 spiro atoms. The molecule has 1 N–H and O–H groups in total. The number of hydrogen-bond donors (Lipinski definition) is 1. The lowest BCUT2D eigenvalue weighted by atomic mass is 9.96. The molecule has 0 aliphatic carbocycles. The van der Waals surface area contributed by atoms with Crippen molar-refractivity contribution in [1.82, 2.24) is 4.98 Å². The molecule has 1 atom stereocenters. The van der Waals surface area contributed by atoms with Crippen molar-refractivity contribution >= 4 is 28.5 Å². The van der Waals surface area contributed by atoms with Crippen LogP contribution >= 0.6 is 11.3 Å². The molecule has 22 heavy (non-hydrogen) atoms. The number of benzene rings is 1. The molecule has 2 aromatic heterocycles. The number of carbonyl (C=O) groups excluding carboxylic acids is 1. The second-order valence-corrected chi connectivity index (χ2v) is 7.43. The first kappa shape index (κ1) is 15.0. The maximum absolute atomic E-state index is 11.7. The van der Waals surface area contributed by atoms with E-state index in [-0.39, 0.29) is 0 Å². The van der Waals surface area contributed by atoms with Crippen molar-refractivity contribution in [2.24, 2.45) is 0 Å². The number of carbonyl (C=O) groups is 1. The van der Waals surface area contributed by atoms with Gasteiger partial charge in [0.1, 0.15) is 0 Å². The van der Waals surface area contributed by atoms with Gasteiger partial charge in [-0.05, 0) is 49.9 Å².